The van der Waals surface area contributed by atoms with Crippen LogP contribution in [0.25, 0.3) is 0 Å². The molecule has 0 aromatic heterocycles. The first-order valence-electron chi connectivity index (χ1n) is 6.29. The first-order chi connectivity index (χ1) is 9.41. The maximum absolute atomic E-state index is 13.6. The van der Waals surface area contributed by atoms with Gasteiger partial charge in [0.2, 0.25) is 5.82 Å². The highest BCUT2D eigenvalue weighted by atomic mass is 35.5. The molecule has 1 amide bonds. The number of carbonyl (C=O) groups is 1. The highest BCUT2D eigenvalue weighted by molar-refractivity contribution is 5.95. The van der Waals surface area contributed by atoms with Crippen LogP contribution < -0.4 is 10.6 Å². The van der Waals surface area contributed by atoms with Gasteiger partial charge in [-0.25, -0.2) is 8.78 Å². The fraction of sp³-hybridized carbons (Fsp3) is 0.462. The molecule has 0 bridgehead atoms. The molecular formula is C13H16ClF3N2O2. The SMILES string of the molecule is CC1CNCCC1NC(=O)c1cc(F)c(F)c(O)c1F.Cl. The Balaban J connectivity index is 0.00000220. The number of rotatable bonds is 2. The zero-order valence-corrected chi connectivity index (χ0v) is 12.1. The number of carbonyl (C=O) groups excluding carboxylic acids is 1. The minimum absolute atomic E-state index is 0. The zero-order valence-electron chi connectivity index (χ0n) is 11.3. The van der Waals surface area contributed by atoms with Crippen LogP contribution in [0.5, 0.6) is 5.75 Å². The van der Waals surface area contributed by atoms with E-state index in [2.05, 4.69) is 10.6 Å². The van der Waals surface area contributed by atoms with Crippen molar-refractivity contribution in [2.45, 2.75) is 19.4 Å². The Morgan fingerprint density at radius 3 is 2.67 bits per heavy atom. The molecule has 0 radical (unpaired) electrons. The third kappa shape index (κ3) is 3.59. The predicted molar refractivity (Wildman–Crippen MR) is 73.1 cm³/mol. The summed E-state index contributed by atoms with van der Waals surface area (Å²) in [5, 5.41) is 14.8. The van der Waals surface area contributed by atoms with E-state index in [1.165, 1.54) is 0 Å². The Bertz CT molecular complexity index is 543. The second-order valence-corrected chi connectivity index (χ2v) is 4.93. The van der Waals surface area contributed by atoms with Gasteiger partial charge in [0.15, 0.2) is 17.4 Å². The lowest BCUT2D eigenvalue weighted by molar-refractivity contribution is 0.0908. The van der Waals surface area contributed by atoms with Gasteiger partial charge in [0.1, 0.15) is 0 Å². The Hall–Kier alpha value is -1.47. The highest BCUT2D eigenvalue weighted by Gasteiger charge is 2.27. The van der Waals surface area contributed by atoms with Crippen molar-refractivity contribution in [1.29, 1.82) is 0 Å². The molecule has 3 N–H and O–H groups in total. The maximum Gasteiger partial charge on any atom is 0.254 e. The van der Waals surface area contributed by atoms with E-state index in [4.69, 9.17) is 5.11 Å². The summed E-state index contributed by atoms with van der Waals surface area (Å²) in [5.74, 6) is -6.83. The number of hydrogen-bond donors (Lipinski definition) is 3. The van der Waals surface area contributed by atoms with Gasteiger partial charge in [-0.2, -0.15) is 4.39 Å². The van der Waals surface area contributed by atoms with Gasteiger partial charge in [-0.05, 0) is 31.5 Å². The van der Waals surface area contributed by atoms with E-state index in [0.29, 0.717) is 25.6 Å². The van der Waals surface area contributed by atoms with Gasteiger partial charge in [-0.15, -0.1) is 12.4 Å². The molecule has 2 rings (SSSR count). The number of halogens is 4. The normalized spacial score (nSPS) is 21.5. The Kier molecular flexibility index (Phi) is 5.86. The van der Waals surface area contributed by atoms with Crippen molar-refractivity contribution in [2.75, 3.05) is 13.1 Å². The topological polar surface area (TPSA) is 61.4 Å². The number of hydrogen-bond acceptors (Lipinski definition) is 3. The molecule has 0 saturated carbocycles. The smallest absolute Gasteiger partial charge is 0.254 e. The lowest BCUT2D eigenvalue weighted by atomic mass is 9.95. The molecule has 1 heterocycles. The van der Waals surface area contributed by atoms with Crippen LogP contribution in [0.15, 0.2) is 6.07 Å². The molecular weight excluding hydrogens is 309 g/mol. The van der Waals surface area contributed by atoms with Gasteiger partial charge in [0.05, 0.1) is 5.56 Å². The molecule has 0 aliphatic carbocycles. The van der Waals surface area contributed by atoms with Gasteiger partial charge in [0, 0.05) is 6.04 Å². The van der Waals surface area contributed by atoms with Crippen molar-refractivity contribution in [1.82, 2.24) is 10.6 Å². The fourth-order valence-corrected chi connectivity index (χ4v) is 2.23. The molecule has 1 saturated heterocycles. The van der Waals surface area contributed by atoms with Gasteiger partial charge < -0.3 is 15.7 Å². The Morgan fingerprint density at radius 2 is 2.05 bits per heavy atom. The third-order valence-corrected chi connectivity index (χ3v) is 3.48. The first-order valence-corrected chi connectivity index (χ1v) is 6.29. The quantitative estimate of drug-likeness (QED) is 0.729. The summed E-state index contributed by atoms with van der Waals surface area (Å²) in [7, 11) is 0. The average molecular weight is 325 g/mol. The van der Waals surface area contributed by atoms with Gasteiger partial charge in [-0.1, -0.05) is 6.92 Å². The molecule has 1 fully saturated rings. The molecule has 2 atom stereocenters. The molecule has 0 spiro atoms. The minimum atomic E-state index is -1.70. The number of aromatic hydroxyl groups is 1. The first kappa shape index (κ1) is 17.6. The monoisotopic (exact) mass is 324 g/mol. The molecule has 118 valence electrons. The Labute approximate surface area is 126 Å². The lowest BCUT2D eigenvalue weighted by Crippen LogP contribution is -2.48. The largest absolute Gasteiger partial charge is 0.503 e. The zero-order chi connectivity index (χ0) is 14.9. The van der Waals surface area contributed by atoms with Crippen LogP contribution in [0.2, 0.25) is 0 Å². The predicted octanol–water partition coefficient (Wildman–Crippen LogP) is 1.96. The van der Waals surface area contributed by atoms with E-state index in [9.17, 15) is 18.0 Å². The summed E-state index contributed by atoms with van der Waals surface area (Å²) in [5.41, 5.74) is -0.702. The summed E-state index contributed by atoms with van der Waals surface area (Å²) >= 11 is 0. The molecule has 2 unspecified atom stereocenters. The van der Waals surface area contributed by atoms with Crippen molar-refractivity contribution in [3.05, 3.63) is 29.1 Å². The standard InChI is InChI=1S/C13H15F3N2O2.ClH/c1-6-5-17-3-2-9(6)18-13(20)7-4-8(14)11(16)12(19)10(7)15;/h4,6,9,17,19H,2-3,5H2,1H3,(H,18,20);1H. The van der Waals surface area contributed by atoms with Crippen LogP contribution in [-0.2, 0) is 0 Å². The average Bonchev–Trinajstić information content (AvgIpc) is 2.43. The minimum Gasteiger partial charge on any atom is -0.503 e. The number of phenols is 1. The van der Waals surface area contributed by atoms with Crippen LogP contribution in [0.3, 0.4) is 0 Å². The van der Waals surface area contributed by atoms with Gasteiger partial charge >= 0.3 is 0 Å². The molecule has 1 aromatic carbocycles. The Morgan fingerprint density at radius 1 is 1.38 bits per heavy atom. The summed E-state index contributed by atoms with van der Waals surface area (Å²) in [4.78, 5) is 11.9. The van der Waals surface area contributed by atoms with E-state index in [1.54, 1.807) is 0 Å². The molecule has 1 aromatic rings. The van der Waals surface area contributed by atoms with E-state index in [-0.39, 0.29) is 24.4 Å². The van der Waals surface area contributed by atoms with Crippen LogP contribution in [0.4, 0.5) is 13.2 Å². The third-order valence-electron chi connectivity index (χ3n) is 3.48. The van der Waals surface area contributed by atoms with E-state index < -0.39 is 34.7 Å². The van der Waals surface area contributed by atoms with E-state index in [1.807, 2.05) is 6.92 Å². The maximum atomic E-state index is 13.6. The summed E-state index contributed by atoms with van der Waals surface area (Å²) in [6, 6.07) is 0.268. The summed E-state index contributed by atoms with van der Waals surface area (Å²) in [6.07, 6.45) is 0.657. The molecule has 4 nitrogen and oxygen atoms in total. The van der Waals surface area contributed by atoms with Crippen molar-refractivity contribution in [3.8, 4) is 5.75 Å². The fourth-order valence-electron chi connectivity index (χ4n) is 2.23. The number of nitrogens with one attached hydrogen (secondary N) is 2. The van der Waals surface area contributed by atoms with Crippen LogP contribution in [0, 0.1) is 23.4 Å². The van der Waals surface area contributed by atoms with E-state index in [0.717, 1.165) is 0 Å². The highest BCUT2D eigenvalue weighted by Crippen LogP contribution is 2.26. The van der Waals surface area contributed by atoms with Gasteiger partial charge in [-0.3, -0.25) is 4.79 Å². The second-order valence-electron chi connectivity index (χ2n) is 4.93. The van der Waals surface area contributed by atoms with Crippen molar-refractivity contribution in [2.24, 2.45) is 5.92 Å². The molecule has 1 aliphatic heterocycles. The number of phenolic OH excluding ortho intramolecular Hbond substituents is 1. The van der Waals surface area contributed by atoms with E-state index >= 15 is 0 Å². The lowest BCUT2D eigenvalue weighted by Gasteiger charge is -2.30. The number of piperidine rings is 1. The summed E-state index contributed by atoms with van der Waals surface area (Å²) in [6.45, 7) is 3.33. The van der Waals surface area contributed by atoms with Crippen LogP contribution in [-0.4, -0.2) is 30.1 Å². The number of benzene rings is 1. The summed E-state index contributed by atoms with van der Waals surface area (Å²) < 4.78 is 39.7. The van der Waals surface area contributed by atoms with Crippen molar-refractivity contribution >= 4 is 18.3 Å². The van der Waals surface area contributed by atoms with Crippen LogP contribution in [0.1, 0.15) is 23.7 Å². The van der Waals surface area contributed by atoms with Gasteiger partial charge in [0.25, 0.3) is 5.91 Å². The molecule has 8 heteroatoms. The van der Waals surface area contributed by atoms with Crippen molar-refractivity contribution < 1.29 is 23.1 Å². The molecule has 1 aliphatic rings. The number of amides is 1. The van der Waals surface area contributed by atoms with Crippen molar-refractivity contribution in [3.63, 3.8) is 0 Å². The second kappa shape index (κ2) is 7.00. The van der Waals surface area contributed by atoms with Crippen LogP contribution >= 0.6 is 12.4 Å². The molecule has 21 heavy (non-hydrogen) atoms.